The van der Waals surface area contributed by atoms with E-state index in [1.165, 1.54) is 0 Å². The first kappa shape index (κ1) is 17.1. The maximum absolute atomic E-state index is 11.9. The fraction of sp³-hybridized carbons (Fsp3) is 0.385. The third-order valence-electron chi connectivity index (χ3n) is 2.80. The molecule has 0 spiro atoms. The SMILES string of the molecule is CS(=O)(=O)CCC(N)C(=O)N[C@@H](C(=O)O)c1ccccc1. The van der Waals surface area contributed by atoms with Crippen LogP contribution >= 0.6 is 0 Å². The van der Waals surface area contributed by atoms with Crippen molar-refractivity contribution in [2.24, 2.45) is 5.73 Å². The summed E-state index contributed by atoms with van der Waals surface area (Å²) in [5.41, 5.74) is 5.99. The molecular formula is C13H18N2O5S. The Kier molecular flexibility index (Phi) is 5.86. The van der Waals surface area contributed by atoms with Crippen molar-refractivity contribution < 1.29 is 23.1 Å². The number of carboxylic acid groups (broad SMARTS) is 1. The van der Waals surface area contributed by atoms with Gasteiger partial charge < -0.3 is 16.2 Å². The normalized spacial score (nSPS) is 14.2. The lowest BCUT2D eigenvalue weighted by Crippen LogP contribution is -2.45. The first-order valence-electron chi connectivity index (χ1n) is 6.22. The fourth-order valence-electron chi connectivity index (χ4n) is 1.65. The van der Waals surface area contributed by atoms with Gasteiger partial charge in [0, 0.05) is 6.26 Å². The molecular weight excluding hydrogens is 296 g/mol. The molecule has 0 saturated carbocycles. The average Bonchev–Trinajstić information content (AvgIpc) is 2.41. The molecule has 1 unspecified atom stereocenters. The van der Waals surface area contributed by atoms with Gasteiger partial charge in [0.15, 0.2) is 6.04 Å². The Labute approximate surface area is 123 Å². The fourth-order valence-corrected chi connectivity index (χ4v) is 2.34. The third-order valence-corrected chi connectivity index (χ3v) is 3.78. The van der Waals surface area contributed by atoms with E-state index in [9.17, 15) is 18.0 Å². The van der Waals surface area contributed by atoms with Crippen LogP contribution in [0.1, 0.15) is 18.0 Å². The summed E-state index contributed by atoms with van der Waals surface area (Å²) < 4.78 is 22.1. The van der Waals surface area contributed by atoms with E-state index in [-0.39, 0.29) is 12.2 Å². The van der Waals surface area contributed by atoms with Crippen molar-refractivity contribution in [3.8, 4) is 0 Å². The molecule has 1 rings (SSSR count). The van der Waals surface area contributed by atoms with Crippen molar-refractivity contribution >= 4 is 21.7 Å². The van der Waals surface area contributed by atoms with Crippen LogP contribution in [0.2, 0.25) is 0 Å². The van der Waals surface area contributed by atoms with E-state index in [2.05, 4.69) is 5.32 Å². The number of sulfone groups is 1. The molecule has 8 heteroatoms. The van der Waals surface area contributed by atoms with Gasteiger partial charge in [0.05, 0.1) is 11.8 Å². The molecule has 1 amide bonds. The van der Waals surface area contributed by atoms with Gasteiger partial charge in [-0.25, -0.2) is 13.2 Å². The van der Waals surface area contributed by atoms with Crippen LogP contribution in [-0.4, -0.2) is 43.5 Å². The van der Waals surface area contributed by atoms with Gasteiger partial charge in [-0.2, -0.15) is 0 Å². The smallest absolute Gasteiger partial charge is 0.330 e. The third kappa shape index (κ3) is 5.92. The van der Waals surface area contributed by atoms with Crippen molar-refractivity contribution in [1.82, 2.24) is 5.32 Å². The van der Waals surface area contributed by atoms with Crippen LogP contribution < -0.4 is 11.1 Å². The second kappa shape index (κ2) is 7.19. The molecule has 0 aliphatic carbocycles. The van der Waals surface area contributed by atoms with Crippen LogP contribution in [0.15, 0.2) is 30.3 Å². The maximum atomic E-state index is 11.9. The zero-order chi connectivity index (χ0) is 16.0. The lowest BCUT2D eigenvalue weighted by molar-refractivity contribution is -0.142. The molecule has 0 radical (unpaired) electrons. The topological polar surface area (TPSA) is 127 Å². The number of hydrogen-bond acceptors (Lipinski definition) is 5. The second-order valence-electron chi connectivity index (χ2n) is 4.72. The minimum atomic E-state index is -3.23. The Hall–Kier alpha value is -1.93. The largest absolute Gasteiger partial charge is 0.479 e. The number of nitrogens with two attached hydrogens (primary N) is 1. The molecule has 0 aliphatic heterocycles. The highest BCUT2D eigenvalue weighted by atomic mass is 32.2. The summed E-state index contributed by atoms with van der Waals surface area (Å²) in [7, 11) is -3.23. The summed E-state index contributed by atoms with van der Waals surface area (Å²) in [5, 5.41) is 11.5. The van der Waals surface area contributed by atoms with Crippen LogP contribution in [0.5, 0.6) is 0 Å². The number of carbonyl (C=O) groups excluding carboxylic acids is 1. The van der Waals surface area contributed by atoms with Gasteiger partial charge in [0.1, 0.15) is 9.84 Å². The lowest BCUT2D eigenvalue weighted by atomic mass is 10.1. The Morgan fingerprint density at radius 3 is 2.33 bits per heavy atom. The van der Waals surface area contributed by atoms with E-state index in [1.54, 1.807) is 30.3 Å². The number of aliphatic carboxylic acids is 1. The van der Waals surface area contributed by atoms with Gasteiger partial charge in [-0.05, 0) is 12.0 Å². The van der Waals surface area contributed by atoms with Gasteiger partial charge in [0.2, 0.25) is 5.91 Å². The molecule has 7 nitrogen and oxygen atoms in total. The Morgan fingerprint density at radius 2 is 1.86 bits per heavy atom. The predicted molar refractivity (Wildman–Crippen MR) is 77.3 cm³/mol. The molecule has 4 N–H and O–H groups in total. The van der Waals surface area contributed by atoms with E-state index in [1.807, 2.05) is 0 Å². The molecule has 0 aliphatic rings. The number of carbonyl (C=O) groups is 2. The number of nitrogens with one attached hydrogen (secondary N) is 1. The molecule has 0 aromatic heterocycles. The average molecular weight is 314 g/mol. The molecule has 0 saturated heterocycles. The molecule has 1 aromatic carbocycles. The Bertz CT molecular complexity index is 600. The van der Waals surface area contributed by atoms with Crippen molar-refractivity contribution in [2.75, 3.05) is 12.0 Å². The molecule has 1 aromatic rings. The number of benzene rings is 1. The highest BCUT2D eigenvalue weighted by Gasteiger charge is 2.25. The van der Waals surface area contributed by atoms with E-state index >= 15 is 0 Å². The summed E-state index contributed by atoms with van der Waals surface area (Å²) in [6.45, 7) is 0. The second-order valence-corrected chi connectivity index (χ2v) is 6.98. The number of amides is 1. The Morgan fingerprint density at radius 1 is 1.29 bits per heavy atom. The molecule has 2 atom stereocenters. The standard InChI is InChI=1S/C13H18N2O5S/c1-21(19,20)8-7-10(14)12(16)15-11(13(17)18)9-5-3-2-4-6-9/h2-6,10-11H,7-8,14H2,1H3,(H,15,16)(H,17,18)/t10?,11-/m1/s1. The number of carboxylic acids is 1. The quantitative estimate of drug-likeness (QED) is 0.633. The Balaban J connectivity index is 2.72. The van der Waals surface area contributed by atoms with Crippen LogP contribution in [0.4, 0.5) is 0 Å². The zero-order valence-corrected chi connectivity index (χ0v) is 12.3. The number of rotatable bonds is 7. The predicted octanol–water partition coefficient (Wildman–Crippen LogP) is -0.309. The van der Waals surface area contributed by atoms with Gasteiger partial charge >= 0.3 is 5.97 Å². The summed E-state index contributed by atoms with van der Waals surface area (Å²) in [6, 6.07) is 5.88. The van der Waals surface area contributed by atoms with Crippen molar-refractivity contribution in [3.63, 3.8) is 0 Å². The molecule has 116 valence electrons. The van der Waals surface area contributed by atoms with Crippen LogP contribution in [-0.2, 0) is 19.4 Å². The van der Waals surface area contributed by atoms with E-state index in [0.717, 1.165) is 6.26 Å². The summed E-state index contributed by atoms with van der Waals surface area (Å²) in [5.74, 6) is -2.15. The summed E-state index contributed by atoms with van der Waals surface area (Å²) in [6.07, 6.45) is 0.980. The van der Waals surface area contributed by atoms with Crippen LogP contribution in [0.3, 0.4) is 0 Å². The van der Waals surface area contributed by atoms with Crippen molar-refractivity contribution in [3.05, 3.63) is 35.9 Å². The van der Waals surface area contributed by atoms with Crippen molar-refractivity contribution in [1.29, 1.82) is 0 Å². The highest BCUT2D eigenvalue weighted by Crippen LogP contribution is 2.13. The molecule has 21 heavy (non-hydrogen) atoms. The summed E-state index contributed by atoms with van der Waals surface area (Å²) >= 11 is 0. The zero-order valence-electron chi connectivity index (χ0n) is 11.5. The van der Waals surface area contributed by atoms with Gasteiger partial charge in [-0.1, -0.05) is 30.3 Å². The maximum Gasteiger partial charge on any atom is 0.330 e. The van der Waals surface area contributed by atoms with Gasteiger partial charge in [-0.3, -0.25) is 4.79 Å². The molecule has 0 bridgehead atoms. The molecule has 0 fully saturated rings. The monoisotopic (exact) mass is 314 g/mol. The highest BCUT2D eigenvalue weighted by molar-refractivity contribution is 7.90. The first-order chi connectivity index (χ1) is 9.70. The van der Waals surface area contributed by atoms with E-state index < -0.39 is 33.8 Å². The summed E-state index contributed by atoms with van der Waals surface area (Å²) in [4.78, 5) is 23.1. The van der Waals surface area contributed by atoms with Crippen LogP contribution in [0, 0.1) is 0 Å². The van der Waals surface area contributed by atoms with Gasteiger partial charge in [0.25, 0.3) is 0 Å². The lowest BCUT2D eigenvalue weighted by Gasteiger charge is -2.18. The minimum absolute atomic E-state index is 0.0637. The molecule has 0 heterocycles. The van der Waals surface area contributed by atoms with Gasteiger partial charge in [-0.15, -0.1) is 0 Å². The van der Waals surface area contributed by atoms with Crippen LogP contribution in [0.25, 0.3) is 0 Å². The van der Waals surface area contributed by atoms with Crippen molar-refractivity contribution in [2.45, 2.75) is 18.5 Å². The minimum Gasteiger partial charge on any atom is -0.479 e. The number of hydrogen-bond donors (Lipinski definition) is 3. The van der Waals surface area contributed by atoms with E-state index in [4.69, 9.17) is 10.8 Å². The van der Waals surface area contributed by atoms with E-state index in [0.29, 0.717) is 5.56 Å². The first-order valence-corrected chi connectivity index (χ1v) is 8.28.